The Bertz CT molecular complexity index is 734. The molecule has 1 heterocycles. The molecule has 0 spiro atoms. The van der Waals surface area contributed by atoms with Gasteiger partial charge in [0.25, 0.3) is 5.91 Å². The van der Waals surface area contributed by atoms with E-state index in [0.717, 1.165) is 63.5 Å². The van der Waals surface area contributed by atoms with Gasteiger partial charge < -0.3 is 20.1 Å². The number of fused-ring (bicyclic) bond motifs is 2. The summed E-state index contributed by atoms with van der Waals surface area (Å²) in [6.07, 6.45) is 10.4. The molecule has 0 radical (unpaired) electrons. The number of nitrogens with zero attached hydrogens (tertiary/aromatic N) is 1. The van der Waals surface area contributed by atoms with E-state index >= 15 is 0 Å². The van der Waals surface area contributed by atoms with Gasteiger partial charge in [0.2, 0.25) is 0 Å². The van der Waals surface area contributed by atoms with Crippen molar-refractivity contribution in [3.8, 4) is 0 Å². The number of rotatable bonds is 6. The molecule has 3 aliphatic carbocycles. The fourth-order valence-corrected chi connectivity index (χ4v) is 6.19. The molecule has 7 heteroatoms. The van der Waals surface area contributed by atoms with Crippen LogP contribution in [0.5, 0.6) is 0 Å². The zero-order valence-corrected chi connectivity index (χ0v) is 17.6. The van der Waals surface area contributed by atoms with Gasteiger partial charge in [0, 0.05) is 23.9 Å². The van der Waals surface area contributed by atoms with Crippen molar-refractivity contribution in [3.63, 3.8) is 0 Å². The highest BCUT2D eigenvalue weighted by Crippen LogP contribution is 2.57. The van der Waals surface area contributed by atoms with Gasteiger partial charge in [-0.05, 0) is 63.7 Å². The Labute approximate surface area is 172 Å². The number of nitrogens with one attached hydrogen (secondary N) is 2. The molecule has 2 amide bonds. The Hall–Kier alpha value is -1.89. The first kappa shape index (κ1) is 20.4. The van der Waals surface area contributed by atoms with Crippen LogP contribution in [-0.2, 0) is 14.3 Å². The summed E-state index contributed by atoms with van der Waals surface area (Å²) in [6, 6.07) is 0. The molecule has 4 atom stereocenters. The largest absolute Gasteiger partial charge is 0.447 e. The molecule has 2 N–H and O–H groups in total. The van der Waals surface area contributed by atoms with Crippen LogP contribution in [0.3, 0.4) is 0 Å². The monoisotopic (exact) mass is 403 g/mol. The van der Waals surface area contributed by atoms with Crippen LogP contribution in [0.1, 0.15) is 64.7 Å². The summed E-state index contributed by atoms with van der Waals surface area (Å²) in [5.41, 5.74) is 1.01. The molecule has 3 saturated carbocycles. The minimum Gasteiger partial charge on any atom is -0.447 e. The molecule has 0 aromatic heterocycles. The van der Waals surface area contributed by atoms with E-state index in [1.165, 1.54) is 0 Å². The van der Waals surface area contributed by atoms with E-state index in [4.69, 9.17) is 9.47 Å². The van der Waals surface area contributed by atoms with Crippen LogP contribution in [0.25, 0.3) is 0 Å². The summed E-state index contributed by atoms with van der Waals surface area (Å²) < 4.78 is 10.2. The minimum atomic E-state index is -0.376. The van der Waals surface area contributed by atoms with E-state index in [1.54, 1.807) is 7.11 Å². The van der Waals surface area contributed by atoms with Gasteiger partial charge in [0.15, 0.2) is 0 Å². The third-order valence-electron chi connectivity index (χ3n) is 7.24. The Morgan fingerprint density at radius 2 is 2.14 bits per heavy atom. The van der Waals surface area contributed by atoms with Gasteiger partial charge >= 0.3 is 6.09 Å². The lowest BCUT2D eigenvalue weighted by molar-refractivity contribution is -0.120. The lowest BCUT2D eigenvalue weighted by Gasteiger charge is -2.38. The number of amides is 2. The van der Waals surface area contributed by atoms with Gasteiger partial charge in [-0.25, -0.2) is 4.79 Å². The van der Waals surface area contributed by atoms with Crippen molar-refractivity contribution in [2.45, 2.75) is 75.8 Å². The zero-order valence-electron chi connectivity index (χ0n) is 17.6. The summed E-state index contributed by atoms with van der Waals surface area (Å²) in [5, 5.41) is 6.59. The van der Waals surface area contributed by atoms with E-state index < -0.39 is 0 Å². The number of alkyl carbamates (subject to hydrolysis) is 1. The molecular weight excluding hydrogens is 370 g/mol. The number of carbonyl (C=O) groups is 2. The number of ether oxygens (including phenoxy) is 2. The van der Waals surface area contributed by atoms with E-state index in [2.05, 4.69) is 15.6 Å². The van der Waals surface area contributed by atoms with Crippen molar-refractivity contribution in [2.75, 3.05) is 20.3 Å². The van der Waals surface area contributed by atoms with E-state index in [1.807, 2.05) is 13.0 Å². The number of hydrogen-bond donors (Lipinski definition) is 2. The highest BCUT2D eigenvalue weighted by molar-refractivity contribution is 5.98. The predicted octanol–water partition coefficient (Wildman–Crippen LogP) is 3.10. The zero-order chi connectivity index (χ0) is 20.5. The number of methoxy groups -OCH3 is 1. The Morgan fingerprint density at radius 3 is 2.93 bits per heavy atom. The van der Waals surface area contributed by atoms with Gasteiger partial charge in [-0.3, -0.25) is 9.79 Å². The van der Waals surface area contributed by atoms with E-state index in [0.29, 0.717) is 24.1 Å². The number of allylic oxidation sites excluding steroid dienone is 1. The highest BCUT2D eigenvalue weighted by Gasteiger charge is 2.60. The van der Waals surface area contributed by atoms with Crippen LogP contribution < -0.4 is 10.6 Å². The second-order valence-corrected chi connectivity index (χ2v) is 9.40. The standard InChI is InChI=1S/C22H33N3O4/c1-15-5-3-7-18(23-15)19(26)24-22-8-4-6-16-11-17(22)13-21(12-16,14-22)25-20(27)29-10-9-28-2/h7,16-17H,3-6,8-14H2,1-2H3,(H,24,26)(H,25,27). The second-order valence-electron chi connectivity index (χ2n) is 9.40. The van der Waals surface area contributed by atoms with Crippen molar-refractivity contribution < 1.29 is 19.1 Å². The average Bonchev–Trinajstić information content (AvgIpc) is 2.79. The van der Waals surface area contributed by atoms with E-state index in [9.17, 15) is 9.59 Å². The van der Waals surface area contributed by atoms with Gasteiger partial charge in [0.05, 0.1) is 6.61 Å². The smallest absolute Gasteiger partial charge is 0.407 e. The van der Waals surface area contributed by atoms with Crippen LogP contribution in [0.2, 0.25) is 0 Å². The number of aliphatic imine (C=N–C) groups is 1. The molecule has 4 aliphatic rings. The summed E-state index contributed by atoms with van der Waals surface area (Å²) >= 11 is 0. The third-order valence-corrected chi connectivity index (χ3v) is 7.24. The first-order valence-electron chi connectivity index (χ1n) is 10.9. The SMILES string of the molecule is COCCOC(=O)NC12CC3CCCC(NC(=O)C4=CCCC(C)=N4)(C1)C(C3)C2. The van der Waals surface area contributed by atoms with Gasteiger partial charge in [0.1, 0.15) is 12.3 Å². The maximum absolute atomic E-state index is 13.1. The Balaban J connectivity index is 1.50. The van der Waals surface area contributed by atoms with E-state index in [-0.39, 0.29) is 29.7 Å². The fraction of sp³-hybridized carbons (Fsp3) is 0.773. The van der Waals surface area contributed by atoms with Crippen molar-refractivity contribution in [1.82, 2.24) is 10.6 Å². The van der Waals surface area contributed by atoms with Gasteiger partial charge in [-0.15, -0.1) is 0 Å². The maximum atomic E-state index is 13.1. The Morgan fingerprint density at radius 1 is 1.28 bits per heavy atom. The number of hydrogen-bond acceptors (Lipinski definition) is 5. The molecule has 7 nitrogen and oxygen atoms in total. The summed E-state index contributed by atoms with van der Waals surface area (Å²) in [4.78, 5) is 29.9. The quantitative estimate of drug-likeness (QED) is 0.667. The first-order chi connectivity index (χ1) is 13.9. The van der Waals surface area contributed by atoms with Gasteiger partial charge in [-0.2, -0.15) is 0 Å². The Kier molecular flexibility index (Phi) is 5.69. The molecule has 0 saturated heterocycles. The molecule has 160 valence electrons. The van der Waals surface area contributed by atoms with Crippen LogP contribution >= 0.6 is 0 Å². The summed E-state index contributed by atoms with van der Waals surface area (Å²) in [6.45, 7) is 2.62. The molecule has 0 aromatic rings. The lowest BCUT2D eigenvalue weighted by Crippen LogP contribution is -2.54. The molecule has 3 fully saturated rings. The molecule has 29 heavy (non-hydrogen) atoms. The topological polar surface area (TPSA) is 89.0 Å². The molecule has 0 aromatic carbocycles. The maximum Gasteiger partial charge on any atom is 0.407 e. The fourth-order valence-electron chi connectivity index (χ4n) is 6.19. The predicted molar refractivity (Wildman–Crippen MR) is 110 cm³/mol. The van der Waals surface area contributed by atoms with Crippen molar-refractivity contribution in [3.05, 3.63) is 11.8 Å². The second kappa shape index (κ2) is 8.09. The molecule has 1 aliphatic heterocycles. The summed E-state index contributed by atoms with van der Waals surface area (Å²) in [7, 11) is 1.59. The number of carbonyl (C=O) groups excluding carboxylic acids is 2. The molecule has 3 bridgehead atoms. The van der Waals surface area contributed by atoms with Crippen molar-refractivity contribution in [1.29, 1.82) is 0 Å². The average molecular weight is 404 g/mol. The van der Waals surface area contributed by atoms with Gasteiger partial charge in [-0.1, -0.05) is 18.9 Å². The lowest BCUT2D eigenvalue weighted by atomic mass is 9.75. The van der Waals surface area contributed by atoms with Crippen molar-refractivity contribution in [2.24, 2.45) is 16.8 Å². The molecule has 4 unspecified atom stereocenters. The summed E-state index contributed by atoms with van der Waals surface area (Å²) in [5.74, 6) is 0.928. The first-order valence-corrected chi connectivity index (χ1v) is 10.9. The van der Waals surface area contributed by atoms with Crippen LogP contribution in [-0.4, -0.2) is 49.1 Å². The van der Waals surface area contributed by atoms with Crippen molar-refractivity contribution >= 4 is 17.7 Å². The van der Waals surface area contributed by atoms with Crippen LogP contribution in [0.4, 0.5) is 4.79 Å². The third kappa shape index (κ3) is 4.20. The van der Waals surface area contributed by atoms with Crippen LogP contribution in [0.15, 0.2) is 16.8 Å². The highest BCUT2D eigenvalue weighted by atomic mass is 16.6. The molecular formula is C22H33N3O4. The van der Waals surface area contributed by atoms with Crippen LogP contribution in [0, 0.1) is 11.8 Å². The normalized spacial score (nSPS) is 35.4. The molecule has 4 rings (SSSR count). The minimum absolute atomic E-state index is 0.0622.